The Labute approximate surface area is 130 Å². The van der Waals surface area contributed by atoms with Crippen LogP contribution in [-0.4, -0.2) is 47.5 Å². The largest absolute Gasteiger partial charge is 0.368 e. The van der Waals surface area contributed by atoms with E-state index in [1.54, 1.807) is 10.9 Å². The lowest BCUT2D eigenvalue weighted by atomic mass is 9.95. The zero-order chi connectivity index (χ0) is 16.5. The highest BCUT2D eigenvalue weighted by Gasteiger charge is 2.21. The quantitative estimate of drug-likeness (QED) is 0.835. The van der Waals surface area contributed by atoms with Gasteiger partial charge < -0.3 is 5.32 Å². The molecule has 2 heterocycles. The lowest BCUT2D eigenvalue weighted by molar-refractivity contribution is 0.547. The molecule has 2 aromatic heterocycles. The molecular weight excluding hydrogens is 304 g/mol. The van der Waals surface area contributed by atoms with E-state index >= 15 is 0 Å². The van der Waals surface area contributed by atoms with E-state index in [2.05, 4.69) is 25.1 Å². The number of hydrogen-bond acceptors (Lipinski definition) is 6. The molecular formula is C13H22N6O2S. The highest BCUT2D eigenvalue weighted by molar-refractivity contribution is 7.89. The number of aromatic nitrogens is 4. The Bertz CT molecular complexity index is 776. The van der Waals surface area contributed by atoms with Crippen molar-refractivity contribution in [2.45, 2.75) is 26.2 Å². The standard InChI is InChI=1S/C13H22N6O2S/c1-13(2,3)12-17-10(15-6-7-22(20,21)14-4)9-8-16-19(5)11(9)18-12/h8,14H,6-7H2,1-5H3,(H,15,17,18). The third kappa shape index (κ3) is 3.53. The molecule has 122 valence electrons. The second-order valence-corrected chi connectivity index (χ2v) is 8.15. The summed E-state index contributed by atoms with van der Waals surface area (Å²) in [5.74, 6) is 1.26. The zero-order valence-electron chi connectivity index (χ0n) is 13.5. The number of hydrogen-bond donors (Lipinski definition) is 2. The monoisotopic (exact) mass is 326 g/mol. The van der Waals surface area contributed by atoms with E-state index in [0.29, 0.717) is 11.6 Å². The van der Waals surface area contributed by atoms with Crippen molar-refractivity contribution in [1.29, 1.82) is 0 Å². The van der Waals surface area contributed by atoms with Crippen LogP contribution in [0.2, 0.25) is 0 Å². The van der Waals surface area contributed by atoms with Crippen LogP contribution in [0.5, 0.6) is 0 Å². The summed E-state index contributed by atoms with van der Waals surface area (Å²) < 4.78 is 26.9. The van der Waals surface area contributed by atoms with E-state index in [-0.39, 0.29) is 17.7 Å². The molecule has 0 aliphatic heterocycles. The summed E-state index contributed by atoms with van der Waals surface area (Å²) in [7, 11) is -0.0366. The maximum atomic E-state index is 11.5. The van der Waals surface area contributed by atoms with Crippen LogP contribution in [0.25, 0.3) is 11.0 Å². The normalized spacial score (nSPS) is 12.8. The summed E-state index contributed by atoms with van der Waals surface area (Å²) in [6.45, 7) is 6.34. The molecule has 0 aromatic carbocycles. The molecule has 0 aliphatic rings. The number of nitrogens with one attached hydrogen (secondary N) is 2. The smallest absolute Gasteiger partial charge is 0.213 e. The van der Waals surface area contributed by atoms with Gasteiger partial charge in [-0.25, -0.2) is 23.1 Å². The molecule has 2 N–H and O–H groups in total. The minimum Gasteiger partial charge on any atom is -0.368 e. The molecule has 0 unspecified atom stereocenters. The third-order valence-corrected chi connectivity index (χ3v) is 4.60. The van der Waals surface area contributed by atoms with E-state index in [1.165, 1.54) is 7.05 Å². The average Bonchev–Trinajstić information content (AvgIpc) is 2.79. The summed E-state index contributed by atoms with van der Waals surface area (Å²) in [6.07, 6.45) is 1.68. The van der Waals surface area contributed by atoms with E-state index in [1.807, 2.05) is 27.8 Å². The van der Waals surface area contributed by atoms with Crippen molar-refractivity contribution in [3.8, 4) is 0 Å². The molecule has 22 heavy (non-hydrogen) atoms. The Morgan fingerprint density at radius 2 is 1.95 bits per heavy atom. The van der Waals surface area contributed by atoms with E-state index in [9.17, 15) is 8.42 Å². The molecule has 0 saturated carbocycles. The second kappa shape index (κ2) is 5.81. The predicted molar refractivity (Wildman–Crippen MR) is 86.3 cm³/mol. The summed E-state index contributed by atoms with van der Waals surface area (Å²) in [5.41, 5.74) is 0.505. The Balaban J connectivity index is 2.35. The first-order valence-corrected chi connectivity index (χ1v) is 8.64. The Hall–Kier alpha value is -1.74. The molecule has 2 rings (SSSR count). The van der Waals surface area contributed by atoms with Crippen LogP contribution >= 0.6 is 0 Å². The maximum absolute atomic E-state index is 11.5. The molecule has 0 atom stereocenters. The highest BCUT2D eigenvalue weighted by Crippen LogP contribution is 2.25. The van der Waals surface area contributed by atoms with Crippen molar-refractivity contribution >= 4 is 26.9 Å². The minimum atomic E-state index is -3.25. The van der Waals surface area contributed by atoms with Gasteiger partial charge in [0.05, 0.1) is 17.3 Å². The number of aryl methyl sites for hydroxylation is 1. The van der Waals surface area contributed by atoms with Gasteiger partial charge in [-0.1, -0.05) is 20.8 Å². The van der Waals surface area contributed by atoms with Crippen molar-refractivity contribution in [3.63, 3.8) is 0 Å². The molecule has 9 heteroatoms. The highest BCUT2D eigenvalue weighted by atomic mass is 32.2. The number of rotatable bonds is 5. The Kier molecular flexibility index (Phi) is 4.39. The minimum absolute atomic E-state index is 0.0277. The zero-order valence-corrected chi connectivity index (χ0v) is 14.3. The summed E-state index contributed by atoms with van der Waals surface area (Å²) in [5, 5.41) is 8.05. The van der Waals surface area contributed by atoms with Crippen LogP contribution < -0.4 is 10.0 Å². The molecule has 8 nitrogen and oxygen atoms in total. The lowest BCUT2D eigenvalue weighted by Gasteiger charge is -2.18. The second-order valence-electron chi connectivity index (χ2n) is 6.10. The van der Waals surface area contributed by atoms with Gasteiger partial charge >= 0.3 is 0 Å². The summed E-state index contributed by atoms with van der Waals surface area (Å²) in [6, 6.07) is 0. The van der Waals surface area contributed by atoms with Crippen LogP contribution in [0.15, 0.2) is 6.20 Å². The van der Waals surface area contributed by atoms with Crippen molar-refractivity contribution in [3.05, 3.63) is 12.0 Å². The number of nitrogens with zero attached hydrogens (tertiary/aromatic N) is 4. The predicted octanol–water partition coefficient (Wildman–Crippen LogP) is 0.622. The average molecular weight is 326 g/mol. The maximum Gasteiger partial charge on any atom is 0.213 e. The Morgan fingerprint density at radius 3 is 2.55 bits per heavy atom. The fourth-order valence-corrected chi connectivity index (χ4v) is 2.47. The number of anilines is 1. The first kappa shape index (κ1) is 16.6. The van der Waals surface area contributed by atoms with Gasteiger partial charge in [-0.15, -0.1) is 0 Å². The van der Waals surface area contributed by atoms with Crippen molar-refractivity contribution in [2.24, 2.45) is 7.05 Å². The molecule has 0 aliphatic carbocycles. The van der Waals surface area contributed by atoms with Gasteiger partial charge in [-0.05, 0) is 7.05 Å². The molecule has 2 aromatic rings. The van der Waals surface area contributed by atoms with E-state index < -0.39 is 10.0 Å². The fourth-order valence-electron chi connectivity index (χ4n) is 1.90. The first-order chi connectivity index (χ1) is 10.1. The van der Waals surface area contributed by atoms with Gasteiger partial charge in [0.25, 0.3) is 0 Å². The molecule has 0 bridgehead atoms. The Morgan fingerprint density at radius 1 is 1.27 bits per heavy atom. The van der Waals surface area contributed by atoms with Crippen LogP contribution in [0.1, 0.15) is 26.6 Å². The van der Waals surface area contributed by atoms with Gasteiger partial charge in [-0.2, -0.15) is 5.10 Å². The van der Waals surface area contributed by atoms with Gasteiger partial charge in [0.1, 0.15) is 11.6 Å². The van der Waals surface area contributed by atoms with Gasteiger partial charge in [-0.3, -0.25) is 4.68 Å². The van der Waals surface area contributed by atoms with Crippen LogP contribution in [-0.2, 0) is 22.5 Å². The first-order valence-electron chi connectivity index (χ1n) is 6.99. The van der Waals surface area contributed by atoms with Gasteiger partial charge in [0.2, 0.25) is 10.0 Å². The molecule has 0 saturated heterocycles. The van der Waals surface area contributed by atoms with Crippen LogP contribution in [0.3, 0.4) is 0 Å². The lowest BCUT2D eigenvalue weighted by Crippen LogP contribution is -2.26. The van der Waals surface area contributed by atoms with Crippen molar-refractivity contribution in [1.82, 2.24) is 24.5 Å². The van der Waals surface area contributed by atoms with E-state index in [0.717, 1.165) is 11.0 Å². The van der Waals surface area contributed by atoms with Crippen molar-refractivity contribution in [2.75, 3.05) is 24.7 Å². The SMILES string of the molecule is CNS(=O)(=O)CCNc1nc(C(C)(C)C)nc2c1cnn2C. The number of sulfonamides is 1. The molecule has 0 spiro atoms. The van der Waals surface area contributed by atoms with E-state index in [4.69, 9.17) is 0 Å². The fraction of sp³-hybridized carbons (Fsp3) is 0.615. The topological polar surface area (TPSA) is 102 Å². The van der Waals surface area contributed by atoms with Gasteiger partial charge in [0.15, 0.2) is 5.65 Å². The van der Waals surface area contributed by atoms with Crippen LogP contribution in [0, 0.1) is 0 Å². The molecule has 0 radical (unpaired) electrons. The molecule has 0 amide bonds. The third-order valence-electron chi connectivity index (χ3n) is 3.24. The van der Waals surface area contributed by atoms with Crippen LogP contribution in [0.4, 0.5) is 5.82 Å². The van der Waals surface area contributed by atoms with Crippen molar-refractivity contribution < 1.29 is 8.42 Å². The summed E-state index contributed by atoms with van der Waals surface area (Å²) in [4.78, 5) is 9.10. The van der Waals surface area contributed by atoms with Gasteiger partial charge in [0, 0.05) is 19.0 Å². The summed E-state index contributed by atoms with van der Waals surface area (Å²) >= 11 is 0. The molecule has 0 fully saturated rings. The number of fused-ring (bicyclic) bond motifs is 1.